The molecule has 2 aromatic heterocycles. The Morgan fingerprint density at radius 1 is 0.690 bits per heavy atom. The summed E-state index contributed by atoms with van der Waals surface area (Å²) in [6.45, 7) is 0. The van der Waals surface area contributed by atoms with E-state index in [4.69, 9.17) is 9.47 Å². The van der Waals surface area contributed by atoms with Gasteiger partial charge in [-0.05, 0) is 30.3 Å². The Morgan fingerprint density at radius 2 is 1.38 bits per heavy atom. The topological polar surface area (TPSA) is 44.2 Å². The van der Waals surface area contributed by atoms with Gasteiger partial charge in [-0.15, -0.1) is 12.1 Å². The van der Waals surface area contributed by atoms with E-state index in [9.17, 15) is 0 Å². The average Bonchev–Trinajstić information content (AvgIpc) is 2.70. The maximum atomic E-state index is 5.94. The molecule has 150 valence electrons. The van der Waals surface area contributed by atoms with Gasteiger partial charge in [0.2, 0.25) is 5.88 Å². The van der Waals surface area contributed by atoms with Crippen molar-refractivity contribution >= 4 is 0 Å². The Kier molecular flexibility index (Phi) is 10.1. The van der Waals surface area contributed by atoms with E-state index in [1.807, 2.05) is 72.8 Å². The van der Waals surface area contributed by atoms with Gasteiger partial charge in [-0.3, -0.25) is 4.98 Å². The smallest absolute Gasteiger partial charge is 1.00 e. The first-order chi connectivity index (χ1) is 12.9. The van der Waals surface area contributed by atoms with E-state index in [-0.39, 0.29) is 42.2 Å². The Labute approximate surface area is 192 Å². The van der Waals surface area contributed by atoms with Gasteiger partial charge in [-0.2, -0.15) is 6.07 Å². The average molecular weight is 587 g/mol. The molecule has 2 heterocycles. The minimum absolute atomic E-state index is 0. The normalized spacial score (nSPS) is 9.24. The monoisotopic (exact) mass is 586 g/mol. The van der Waals surface area contributed by atoms with Crippen LogP contribution in [0.25, 0.3) is 11.3 Å². The largest absolute Gasteiger partial charge is 3.00 e. The number of aromatic nitrogens is 2. The van der Waals surface area contributed by atoms with Crippen molar-refractivity contribution in [1.82, 2.24) is 9.97 Å². The van der Waals surface area contributed by atoms with Crippen molar-refractivity contribution in [2.24, 2.45) is 0 Å². The molecular formula is C23H18AuClN2O2. The SMILES string of the molecule is [Au+3].[CH3-].[Cl-].[c-]1c(Oc2cccc(-c3ccccn3)c2)cccc1Oc1ccccn1. The van der Waals surface area contributed by atoms with Crippen molar-refractivity contribution in [3.05, 3.63) is 105 Å². The summed E-state index contributed by atoms with van der Waals surface area (Å²) >= 11 is 0. The molecule has 6 heteroatoms. The molecule has 0 saturated carbocycles. The van der Waals surface area contributed by atoms with Crippen LogP contribution in [0.15, 0.2) is 91.3 Å². The quantitative estimate of drug-likeness (QED) is 0.267. The summed E-state index contributed by atoms with van der Waals surface area (Å²) in [5.74, 6) is 2.33. The molecular weight excluding hydrogens is 569 g/mol. The molecule has 0 bridgehead atoms. The van der Waals surface area contributed by atoms with Crippen molar-refractivity contribution in [2.75, 3.05) is 0 Å². The maximum Gasteiger partial charge on any atom is 3.00 e. The molecule has 0 spiro atoms. The molecule has 0 aliphatic carbocycles. The molecule has 0 radical (unpaired) electrons. The molecule has 0 unspecified atom stereocenters. The molecule has 0 aliphatic rings. The fourth-order valence-electron chi connectivity index (χ4n) is 2.45. The second-order valence-corrected chi connectivity index (χ2v) is 5.49. The molecule has 0 amide bonds. The predicted molar refractivity (Wildman–Crippen MR) is 106 cm³/mol. The Hall–Kier alpha value is -2.63. The number of benzene rings is 2. The Bertz CT molecular complexity index is 1000. The number of hydrogen-bond donors (Lipinski definition) is 0. The van der Waals surface area contributed by atoms with Crippen molar-refractivity contribution in [2.45, 2.75) is 0 Å². The van der Waals surface area contributed by atoms with Crippen LogP contribution in [-0.2, 0) is 22.4 Å². The van der Waals surface area contributed by atoms with Crippen molar-refractivity contribution in [1.29, 1.82) is 0 Å². The summed E-state index contributed by atoms with van der Waals surface area (Å²) in [4.78, 5) is 8.51. The number of ether oxygens (including phenoxy) is 2. The maximum absolute atomic E-state index is 5.94. The van der Waals surface area contributed by atoms with Gasteiger partial charge in [0, 0.05) is 35.5 Å². The number of hydrogen-bond acceptors (Lipinski definition) is 4. The Morgan fingerprint density at radius 3 is 2.07 bits per heavy atom. The molecule has 4 nitrogen and oxygen atoms in total. The summed E-state index contributed by atoms with van der Waals surface area (Å²) < 4.78 is 11.6. The van der Waals surface area contributed by atoms with Crippen LogP contribution in [0.5, 0.6) is 23.1 Å². The predicted octanol–water partition coefficient (Wildman–Crippen LogP) is 2.98. The van der Waals surface area contributed by atoms with Crippen molar-refractivity contribution in [3.63, 3.8) is 0 Å². The van der Waals surface area contributed by atoms with E-state index in [1.165, 1.54) is 0 Å². The number of nitrogens with zero attached hydrogens (tertiary/aromatic N) is 2. The van der Waals surface area contributed by atoms with Crippen molar-refractivity contribution in [3.8, 4) is 34.4 Å². The van der Waals surface area contributed by atoms with Gasteiger partial charge < -0.3 is 29.3 Å². The number of rotatable bonds is 5. The van der Waals surface area contributed by atoms with Crippen LogP contribution in [0.1, 0.15) is 0 Å². The van der Waals surface area contributed by atoms with Crippen LogP contribution in [0.4, 0.5) is 0 Å². The van der Waals surface area contributed by atoms with Crippen LogP contribution < -0.4 is 21.9 Å². The van der Waals surface area contributed by atoms with Gasteiger partial charge in [0.05, 0.1) is 5.69 Å². The Balaban J connectivity index is 0.00000140. The standard InChI is InChI=1S/C22H15N2O2.CH3.Au.ClH/c1-3-13-23-21(11-1)17-7-5-8-18(15-17)25-19-9-6-10-20(16-19)26-22-12-2-4-14-24-22;;;/h1-15H;1H3;;1H/q2*-1;+3;/p-1. The van der Waals surface area contributed by atoms with Crippen LogP contribution in [0.3, 0.4) is 0 Å². The molecule has 0 aliphatic heterocycles. The van der Waals surface area contributed by atoms with E-state index in [1.54, 1.807) is 18.5 Å². The second kappa shape index (κ2) is 12.0. The van der Waals surface area contributed by atoms with E-state index in [0.717, 1.165) is 11.3 Å². The minimum Gasteiger partial charge on any atom is -1.00 e. The van der Waals surface area contributed by atoms with E-state index < -0.39 is 0 Å². The van der Waals surface area contributed by atoms with Gasteiger partial charge in [-0.25, -0.2) is 4.98 Å². The van der Waals surface area contributed by atoms with E-state index in [2.05, 4.69) is 16.0 Å². The summed E-state index contributed by atoms with van der Waals surface area (Å²) in [5, 5.41) is 0. The first kappa shape index (κ1) is 24.4. The summed E-state index contributed by atoms with van der Waals surface area (Å²) in [6.07, 6.45) is 3.45. The van der Waals surface area contributed by atoms with Gasteiger partial charge in [0.15, 0.2) is 0 Å². The van der Waals surface area contributed by atoms with Crippen LogP contribution in [-0.4, -0.2) is 9.97 Å². The van der Waals surface area contributed by atoms with E-state index in [0.29, 0.717) is 23.1 Å². The molecule has 0 N–H and O–H groups in total. The molecule has 29 heavy (non-hydrogen) atoms. The minimum atomic E-state index is 0. The van der Waals surface area contributed by atoms with Gasteiger partial charge in [0.1, 0.15) is 5.75 Å². The van der Waals surface area contributed by atoms with Crippen LogP contribution >= 0.6 is 0 Å². The first-order valence-electron chi connectivity index (χ1n) is 8.17. The van der Waals surface area contributed by atoms with Crippen LogP contribution in [0, 0.1) is 13.5 Å². The summed E-state index contributed by atoms with van der Waals surface area (Å²) in [5.41, 5.74) is 1.89. The molecule has 4 aromatic rings. The fraction of sp³-hybridized carbons (Fsp3) is 0. The zero-order chi connectivity index (χ0) is 17.6. The third-order valence-corrected chi connectivity index (χ3v) is 3.62. The molecule has 0 fully saturated rings. The summed E-state index contributed by atoms with van der Waals surface area (Å²) in [7, 11) is 0. The molecule has 4 rings (SSSR count). The molecule has 0 saturated heterocycles. The third-order valence-electron chi connectivity index (χ3n) is 3.62. The van der Waals surface area contributed by atoms with Gasteiger partial charge >= 0.3 is 22.4 Å². The van der Waals surface area contributed by atoms with Gasteiger partial charge in [-0.1, -0.05) is 30.3 Å². The first-order valence-corrected chi connectivity index (χ1v) is 8.17. The number of halogens is 1. The molecule has 0 atom stereocenters. The zero-order valence-electron chi connectivity index (χ0n) is 15.6. The summed E-state index contributed by atoms with van der Waals surface area (Å²) in [6, 6.07) is 27.7. The molecule has 2 aromatic carbocycles. The zero-order valence-corrected chi connectivity index (χ0v) is 18.5. The van der Waals surface area contributed by atoms with Crippen LogP contribution in [0.2, 0.25) is 0 Å². The van der Waals surface area contributed by atoms with E-state index >= 15 is 0 Å². The third kappa shape index (κ3) is 6.73. The fourth-order valence-corrected chi connectivity index (χ4v) is 2.45. The van der Waals surface area contributed by atoms with Gasteiger partial charge in [0.25, 0.3) is 0 Å². The van der Waals surface area contributed by atoms with Crippen molar-refractivity contribution < 1.29 is 44.3 Å². The number of pyridine rings is 2. The second-order valence-electron chi connectivity index (χ2n) is 5.49.